The summed E-state index contributed by atoms with van der Waals surface area (Å²) in [5, 5.41) is 19.3. The van der Waals surface area contributed by atoms with Gasteiger partial charge in [0.2, 0.25) is 5.91 Å². The molecule has 25 heavy (non-hydrogen) atoms. The quantitative estimate of drug-likeness (QED) is 0.769. The van der Waals surface area contributed by atoms with Gasteiger partial charge in [0.15, 0.2) is 0 Å². The fraction of sp³-hybridized carbons (Fsp3) is 0.389. The molecule has 3 aromatic rings. The average Bonchev–Trinajstić information content (AvgIpc) is 3.33. The zero-order chi connectivity index (χ0) is 17.4. The predicted molar refractivity (Wildman–Crippen MR) is 92.8 cm³/mol. The fourth-order valence-corrected chi connectivity index (χ4v) is 3.65. The number of carbonyl (C=O) groups is 1. The summed E-state index contributed by atoms with van der Waals surface area (Å²) < 4.78 is 3.49. The molecule has 1 aromatic carbocycles. The molecular formula is C18H21N5O2. The van der Waals surface area contributed by atoms with Gasteiger partial charge in [-0.1, -0.05) is 18.2 Å². The van der Waals surface area contributed by atoms with Crippen molar-refractivity contribution in [3.63, 3.8) is 0 Å². The number of aryl methyl sites for hydroxylation is 1. The molecule has 2 aromatic heterocycles. The number of aliphatic hydroxyl groups is 1. The van der Waals surface area contributed by atoms with Gasteiger partial charge in [-0.15, -0.1) is 0 Å². The highest BCUT2D eigenvalue weighted by Crippen LogP contribution is 2.32. The van der Waals surface area contributed by atoms with Crippen molar-refractivity contribution >= 4 is 16.8 Å². The maximum Gasteiger partial charge on any atom is 0.244 e. The number of nitrogens with zero attached hydrogens (tertiary/aromatic N) is 5. The van der Waals surface area contributed by atoms with E-state index in [4.69, 9.17) is 0 Å². The second-order valence-electron chi connectivity index (χ2n) is 6.66. The molecule has 2 atom stereocenters. The second-order valence-corrected chi connectivity index (χ2v) is 6.66. The van der Waals surface area contributed by atoms with Crippen LogP contribution in [0.15, 0.2) is 42.9 Å². The molecule has 7 nitrogen and oxygen atoms in total. The molecule has 0 saturated carbocycles. The normalized spacial score (nSPS) is 20.5. The first kappa shape index (κ1) is 15.8. The van der Waals surface area contributed by atoms with Crippen molar-refractivity contribution in [1.82, 2.24) is 24.5 Å². The summed E-state index contributed by atoms with van der Waals surface area (Å²) in [6, 6.07) is 7.86. The Morgan fingerprint density at radius 1 is 1.24 bits per heavy atom. The summed E-state index contributed by atoms with van der Waals surface area (Å²) in [6.07, 6.45) is 5.56. The minimum Gasteiger partial charge on any atom is -0.396 e. The standard InChI is InChI=1S/C18H21N5O2/c1-21-8-14(7-19-21)16-10-22(9-15(16)12-24)18(25)11-23-17-5-3-2-4-13(17)6-20-23/h2-8,15-16,24H,9-12H2,1H3/t15-,16-/m0/s1. The van der Waals surface area contributed by atoms with Gasteiger partial charge in [-0.2, -0.15) is 10.2 Å². The van der Waals surface area contributed by atoms with E-state index in [2.05, 4.69) is 10.2 Å². The van der Waals surface area contributed by atoms with Crippen LogP contribution in [-0.4, -0.2) is 55.2 Å². The molecule has 1 aliphatic rings. The van der Waals surface area contributed by atoms with Crippen LogP contribution in [0.5, 0.6) is 0 Å². The number of aliphatic hydroxyl groups excluding tert-OH is 1. The Balaban J connectivity index is 1.51. The number of hydrogen-bond acceptors (Lipinski definition) is 4. The number of likely N-dealkylation sites (tertiary alicyclic amines) is 1. The van der Waals surface area contributed by atoms with Crippen LogP contribution in [0.4, 0.5) is 0 Å². The van der Waals surface area contributed by atoms with Gasteiger partial charge in [0.1, 0.15) is 6.54 Å². The van der Waals surface area contributed by atoms with Gasteiger partial charge in [-0.05, 0) is 11.6 Å². The smallest absolute Gasteiger partial charge is 0.244 e. The molecule has 0 aliphatic carbocycles. The third-order valence-electron chi connectivity index (χ3n) is 5.02. The Bertz CT molecular complexity index is 900. The summed E-state index contributed by atoms with van der Waals surface area (Å²) in [7, 11) is 1.87. The van der Waals surface area contributed by atoms with E-state index >= 15 is 0 Å². The van der Waals surface area contributed by atoms with Gasteiger partial charge < -0.3 is 10.0 Å². The lowest BCUT2D eigenvalue weighted by Gasteiger charge is -2.16. The highest BCUT2D eigenvalue weighted by Gasteiger charge is 2.36. The molecule has 1 N–H and O–H groups in total. The van der Waals surface area contributed by atoms with Crippen LogP contribution in [0, 0.1) is 5.92 Å². The lowest BCUT2D eigenvalue weighted by atomic mass is 9.92. The van der Waals surface area contributed by atoms with Crippen LogP contribution in [0.2, 0.25) is 0 Å². The first-order valence-corrected chi connectivity index (χ1v) is 8.43. The summed E-state index contributed by atoms with van der Waals surface area (Å²) in [5.74, 6) is 0.193. The van der Waals surface area contributed by atoms with E-state index in [9.17, 15) is 9.90 Å². The minimum atomic E-state index is 0.0266. The lowest BCUT2D eigenvalue weighted by molar-refractivity contribution is -0.131. The number of fused-ring (bicyclic) bond motifs is 1. The van der Waals surface area contributed by atoms with Gasteiger partial charge >= 0.3 is 0 Å². The number of rotatable bonds is 4. The van der Waals surface area contributed by atoms with Gasteiger partial charge in [0.25, 0.3) is 0 Å². The third kappa shape index (κ3) is 2.91. The van der Waals surface area contributed by atoms with E-state index in [0.717, 1.165) is 16.5 Å². The summed E-state index contributed by atoms with van der Waals surface area (Å²) >= 11 is 0. The Labute approximate surface area is 145 Å². The molecule has 130 valence electrons. The molecule has 0 spiro atoms. The topological polar surface area (TPSA) is 76.2 Å². The number of amides is 1. The maximum atomic E-state index is 12.8. The van der Waals surface area contributed by atoms with Crippen molar-refractivity contribution in [1.29, 1.82) is 0 Å². The van der Waals surface area contributed by atoms with Crippen LogP contribution in [0.25, 0.3) is 10.9 Å². The van der Waals surface area contributed by atoms with Gasteiger partial charge in [-0.25, -0.2) is 0 Å². The first-order valence-electron chi connectivity index (χ1n) is 8.43. The molecule has 0 bridgehead atoms. The van der Waals surface area contributed by atoms with Crippen molar-refractivity contribution in [2.24, 2.45) is 13.0 Å². The van der Waals surface area contributed by atoms with Crippen LogP contribution in [0.3, 0.4) is 0 Å². The first-order chi connectivity index (χ1) is 12.2. The predicted octanol–water partition coefficient (Wildman–Crippen LogP) is 1.00. The average molecular weight is 339 g/mol. The largest absolute Gasteiger partial charge is 0.396 e. The van der Waals surface area contributed by atoms with Gasteiger partial charge in [0, 0.05) is 50.2 Å². The number of aromatic nitrogens is 4. The SMILES string of the molecule is Cn1cc([C@@H]2CN(C(=O)Cn3ncc4ccccc43)C[C@H]2CO)cn1. The molecule has 1 saturated heterocycles. The molecule has 0 radical (unpaired) electrons. The highest BCUT2D eigenvalue weighted by atomic mass is 16.3. The third-order valence-corrected chi connectivity index (χ3v) is 5.02. The van der Waals surface area contributed by atoms with E-state index < -0.39 is 0 Å². The van der Waals surface area contributed by atoms with Gasteiger partial charge in [0.05, 0.1) is 17.9 Å². The molecular weight excluding hydrogens is 318 g/mol. The van der Waals surface area contributed by atoms with E-state index in [0.29, 0.717) is 13.1 Å². The molecule has 7 heteroatoms. The molecule has 4 rings (SSSR count). The Hall–Kier alpha value is -2.67. The van der Waals surface area contributed by atoms with E-state index in [1.807, 2.05) is 48.6 Å². The molecule has 1 fully saturated rings. The van der Waals surface area contributed by atoms with Crippen LogP contribution in [-0.2, 0) is 18.4 Å². The zero-order valence-electron chi connectivity index (χ0n) is 14.1. The molecule has 0 unspecified atom stereocenters. The summed E-state index contributed by atoms with van der Waals surface area (Å²) in [6.45, 7) is 1.45. The van der Waals surface area contributed by atoms with Crippen molar-refractivity contribution in [2.75, 3.05) is 19.7 Å². The Morgan fingerprint density at radius 3 is 2.84 bits per heavy atom. The number of para-hydroxylation sites is 1. The van der Waals surface area contributed by atoms with Crippen molar-refractivity contribution in [3.05, 3.63) is 48.4 Å². The van der Waals surface area contributed by atoms with Crippen molar-refractivity contribution in [2.45, 2.75) is 12.5 Å². The van der Waals surface area contributed by atoms with E-state index in [1.165, 1.54) is 0 Å². The van der Waals surface area contributed by atoms with Crippen LogP contribution < -0.4 is 0 Å². The number of benzene rings is 1. The van der Waals surface area contributed by atoms with Gasteiger partial charge in [-0.3, -0.25) is 14.2 Å². The molecule has 1 amide bonds. The van der Waals surface area contributed by atoms with Crippen molar-refractivity contribution in [3.8, 4) is 0 Å². The summed E-state index contributed by atoms with van der Waals surface area (Å²) in [5.41, 5.74) is 2.03. The summed E-state index contributed by atoms with van der Waals surface area (Å²) in [4.78, 5) is 14.6. The van der Waals surface area contributed by atoms with Crippen LogP contribution >= 0.6 is 0 Å². The fourth-order valence-electron chi connectivity index (χ4n) is 3.65. The van der Waals surface area contributed by atoms with Crippen LogP contribution in [0.1, 0.15) is 11.5 Å². The second kappa shape index (κ2) is 6.33. The van der Waals surface area contributed by atoms with E-state index in [-0.39, 0.29) is 30.9 Å². The lowest BCUT2D eigenvalue weighted by Crippen LogP contribution is -2.32. The zero-order valence-corrected chi connectivity index (χ0v) is 14.1. The number of hydrogen-bond donors (Lipinski definition) is 1. The highest BCUT2D eigenvalue weighted by molar-refractivity contribution is 5.82. The monoisotopic (exact) mass is 339 g/mol. The van der Waals surface area contributed by atoms with Crippen molar-refractivity contribution < 1.29 is 9.90 Å². The Kier molecular flexibility index (Phi) is 4.01. The van der Waals surface area contributed by atoms with E-state index in [1.54, 1.807) is 15.6 Å². The molecule has 3 heterocycles. The maximum absolute atomic E-state index is 12.8. The Morgan fingerprint density at radius 2 is 2.08 bits per heavy atom. The minimum absolute atomic E-state index is 0.0266. The number of carbonyl (C=O) groups excluding carboxylic acids is 1. The molecule has 1 aliphatic heterocycles.